The molecule has 3 aromatic rings. The Morgan fingerprint density at radius 1 is 1.38 bits per heavy atom. The number of fused-ring (bicyclic) bond motifs is 1. The SMILES string of the molecule is S=c1[nH]cc2scc(-c3cccc(Cl)c3)n12. The Labute approximate surface area is 106 Å². The molecule has 1 aromatic carbocycles. The van der Waals surface area contributed by atoms with Crippen LogP contribution < -0.4 is 0 Å². The molecule has 0 aliphatic carbocycles. The second kappa shape index (κ2) is 3.73. The summed E-state index contributed by atoms with van der Waals surface area (Å²) in [6.45, 7) is 0. The van der Waals surface area contributed by atoms with Gasteiger partial charge in [-0.05, 0) is 24.4 Å². The summed E-state index contributed by atoms with van der Waals surface area (Å²) in [5.41, 5.74) is 2.16. The largest absolute Gasteiger partial charge is 0.336 e. The second-order valence-electron chi connectivity index (χ2n) is 3.40. The molecule has 2 aromatic heterocycles. The van der Waals surface area contributed by atoms with E-state index in [4.69, 9.17) is 23.8 Å². The predicted octanol–water partition coefficient (Wildman–Crippen LogP) is 4.38. The van der Waals surface area contributed by atoms with E-state index in [2.05, 4.69) is 10.4 Å². The zero-order valence-electron chi connectivity index (χ0n) is 8.11. The highest BCUT2D eigenvalue weighted by molar-refractivity contribution is 7.71. The Morgan fingerprint density at radius 2 is 2.25 bits per heavy atom. The highest BCUT2D eigenvalue weighted by Gasteiger charge is 2.07. The minimum absolute atomic E-state index is 0.714. The molecule has 0 radical (unpaired) electrons. The number of hydrogen-bond donors (Lipinski definition) is 1. The van der Waals surface area contributed by atoms with Crippen molar-refractivity contribution in [2.24, 2.45) is 0 Å². The molecule has 0 saturated carbocycles. The fourth-order valence-electron chi connectivity index (χ4n) is 1.68. The number of nitrogens with one attached hydrogen (secondary N) is 1. The summed E-state index contributed by atoms with van der Waals surface area (Å²) in [5.74, 6) is 0. The van der Waals surface area contributed by atoms with E-state index in [9.17, 15) is 0 Å². The summed E-state index contributed by atoms with van der Waals surface area (Å²) in [7, 11) is 0. The molecule has 3 rings (SSSR count). The topological polar surface area (TPSA) is 20.2 Å². The molecule has 2 heterocycles. The summed E-state index contributed by atoms with van der Waals surface area (Å²) >= 11 is 12.9. The van der Waals surface area contributed by atoms with Gasteiger partial charge in [0.05, 0.1) is 5.69 Å². The molecule has 0 aliphatic rings. The van der Waals surface area contributed by atoms with Gasteiger partial charge in [0.15, 0.2) is 4.77 Å². The molecular weight excluding hydrogens is 260 g/mol. The van der Waals surface area contributed by atoms with Crippen molar-refractivity contribution in [1.82, 2.24) is 9.38 Å². The van der Waals surface area contributed by atoms with E-state index in [0.29, 0.717) is 4.77 Å². The van der Waals surface area contributed by atoms with Crippen molar-refractivity contribution in [2.75, 3.05) is 0 Å². The normalized spacial score (nSPS) is 11.1. The van der Waals surface area contributed by atoms with E-state index in [1.165, 1.54) is 0 Å². The Balaban J connectivity index is 2.33. The summed E-state index contributed by atoms with van der Waals surface area (Å²) in [4.78, 5) is 4.15. The van der Waals surface area contributed by atoms with Crippen molar-refractivity contribution in [2.45, 2.75) is 0 Å². The molecule has 0 atom stereocenters. The van der Waals surface area contributed by atoms with Gasteiger partial charge in [-0.2, -0.15) is 0 Å². The average Bonchev–Trinajstić information content (AvgIpc) is 2.82. The number of H-pyrrole nitrogens is 1. The minimum Gasteiger partial charge on any atom is -0.336 e. The Morgan fingerprint density at radius 3 is 3.06 bits per heavy atom. The fourth-order valence-corrected chi connectivity index (χ4v) is 3.08. The standard InChI is InChI=1S/C11H7ClN2S2/c12-8-3-1-2-7(4-8)9-6-16-10-5-13-11(15)14(9)10/h1-6H,(H,13,15). The number of rotatable bonds is 1. The molecule has 0 saturated heterocycles. The third-order valence-corrected chi connectivity index (χ3v) is 3.81. The van der Waals surface area contributed by atoms with Crippen LogP contribution in [0.25, 0.3) is 16.1 Å². The van der Waals surface area contributed by atoms with Crippen LogP contribution in [0.15, 0.2) is 35.8 Å². The first kappa shape index (κ1) is 10.1. The quantitative estimate of drug-likeness (QED) is 0.648. The average molecular weight is 267 g/mol. The lowest BCUT2D eigenvalue weighted by Crippen LogP contribution is -1.85. The molecule has 0 fully saturated rings. The third kappa shape index (κ3) is 1.50. The van der Waals surface area contributed by atoms with Gasteiger partial charge in [-0.1, -0.05) is 23.7 Å². The molecule has 16 heavy (non-hydrogen) atoms. The number of thiazole rings is 1. The molecule has 0 spiro atoms. The number of aromatic amines is 1. The monoisotopic (exact) mass is 266 g/mol. The highest BCUT2D eigenvalue weighted by Crippen LogP contribution is 2.28. The van der Waals surface area contributed by atoms with E-state index >= 15 is 0 Å². The van der Waals surface area contributed by atoms with Crippen LogP contribution in [0.2, 0.25) is 5.02 Å². The van der Waals surface area contributed by atoms with Gasteiger partial charge in [0.2, 0.25) is 0 Å². The van der Waals surface area contributed by atoms with E-state index in [0.717, 1.165) is 21.1 Å². The van der Waals surface area contributed by atoms with Gasteiger partial charge in [0, 0.05) is 22.2 Å². The van der Waals surface area contributed by atoms with Crippen LogP contribution in [0.3, 0.4) is 0 Å². The maximum absolute atomic E-state index is 5.99. The summed E-state index contributed by atoms with van der Waals surface area (Å²) in [6.07, 6.45) is 1.92. The highest BCUT2D eigenvalue weighted by atomic mass is 35.5. The van der Waals surface area contributed by atoms with Gasteiger partial charge in [0.1, 0.15) is 4.83 Å². The Kier molecular flexibility index (Phi) is 2.35. The van der Waals surface area contributed by atoms with Crippen LogP contribution in [-0.2, 0) is 0 Å². The lowest BCUT2D eigenvalue weighted by Gasteiger charge is -1.99. The molecular formula is C11H7ClN2S2. The van der Waals surface area contributed by atoms with Gasteiger partial charge in [-0.3, -0.25) is 4.40 Å². The first-order chi connectivity index (χ1) is 7.75. The van der Waals surface area contributed by atoms with Gasteiger partial charge in [0.25, 0.3) is 0 Å². The third-order valence-electron chi connectivity index (χ3n) is 2.40. The molecule has 80 valence electrons. The molecule has 5 heteroatoms. The van der Waals surface area contributed by atoms with Crippen LogP contribution in [0.1, 0.15) is 0 Å². The van der Waals surface area contributed by atoms with Crippen molar-refractivity contribution >= 4 is 40.0 Å². The number of halogens is 1. The first-order valence-electron chi connectivity index (χ1n) is 4.69. The molecule has 0 bridgehead atoms. The molecule has 0 aliphatic heterocycles. The van der Waals surface area contributed by atoms with Gasteiger partial charge >= 0.3 is 0 Å². The maximum Gasteiger partial charge on any atom is 0.182 e. The lowest BCUT2D eigenvalue weighted by molar-refractivity contribution is 1.15. The van der Waals surface area contributed by atoms with E-state index in [-0.39, 0.29) is 0 Å². The van der Waals surface area contributed by atoms with Gasteiger partial charge < -0.3 is 4.98 Å². The van der Waals surface area contributed by atoms with Crippen molar-refractivity contribution in [3.8, 4) is 11.3 Å². The maximum atomic E-state index is 5.99. The molecule has 0 unspecified atom stereocenters. The van der Waals surface area contributed by atoms with Crippen LogP contribution in [-0.4, -0.2) is 9.38 Å². The lowest BCUT2D eigenvalue weighted by atomic mass is 10.2. The number of aromatic nitrogens is 2. The van der Waals surface area contributed by atoms with Crippen LogP contribution in [0.5, 0.6) is 0 Å². The number of benzene rings is 1. The summed E-state index contributed by atoms with van der Waals surface area (Å²) in [5, 5.41) is 2.82. The second-order valence-corrected chi connectivity index (χ2v) is 5.11. The molecule has 0 amide bonds. The first-order valence-corrected chi connectivity index (χ1v) is 6.36. The molecule has 2 nitrogen and oxygen atoms in total. The van der Waals surface area contributed by atoms with E-state index in [1.54, 1.807) is 11.3 Å². The van der Waals surface area contributed by atoms with E-state index in [1.807, 2.05) is 34.9 Å². The van der Waals surface area contributed by atoms with E-state index < -0.39 is 0 Å². The zero-order valence-corrected chi connectivity index (χ0v) is 10.5. The Hall–Kier alpha value is -1.10. The Bertz CT molecular complexity index is 708. The minimum atomic E-state index is 0.714. The van der Waals surface area contributed by atoms with Crippen molar-refractivity contribution in [3.05, 3.63) is 45.6 Å². The number of imidazole rings is 1. The fraction of sp³-hybridized carbons (Fsp3) is 0. The van der Waals surface area contributed by atoms with Crippen LogP contribution in [0.4, 0.5) is 0 Å². The number of hydrogen-bond acceptors (Lipinski definition) is 2. The van der Waals surface area contributed by atoms with Gasteiger partial charge in [-0.15, -0.1) is 11.3 Å². The van der Waals surface area contributed by atoms with Crippen molar-refractivity contribution in [1.29, 1.82) is 0 Å². The number of nitrogens with zero attached hydrogens (tertiary/aromatic N) is 1. The summed E-state index contributed by atoms with van der Waals surface area (Å²) in [6, 6.07) is 7.78. The van der Waals surface area contributed by atoms with Crippen LogP contribution >= 0.6 is 35.2 Å². The van der Waals surface area contributed by atoms with Gasteiger partial charge in [-0.25, -0.2) is 0 Å². The van der Waals surface area contributed by atoms with Crippen molar-refractivity contribution < 1.29 is 0 Å². The summed E-state index contributed by atoms with van der Waals surface area (Å²) < 4.78 is 2.73. The predicted molar refractivity (Wildman–Crippen MR) is 70.9 cm³/mol. The van der Waals surface area contributed by atoms with Crippen molar-refractivity contribution in [3.63, 3.8) is 0 Å². The zero-order chi connectivity index (χ0) is 11.1. The molecule has 1 N–H and O–H groups in total. The van der Waals surface area contributed by atoms with Crippen LogP contribution in [0, 0.1) is 4.77 Å². The smallest absolute Gasteiger partial charge is 0.182 e.